The second kappa shape index (κ2) is 5.63. The van der Waals surface area contributed by atoms with Crippen molar-refractivity contribution in [3.8, 4) is 11.1 Å². The van der Waals surface area contributed by atoms with Crippen LogP contribution in [0.15, 0.2) is 41.3 Å². The summed E-state index contributed by atoms with van der Waals surface area (Å²) in [4.78, 5) is 0.128. The molecule has 2 aromatic carbocycles. The number of nitrogens with zero attached hydrogens (tertiary/aromatic N) is 1. The van der Waals surface area contributed by atoms with Gasteiger partial charge in [0.15, 0.2) is 0 Å². The lowest BCUT2D eigenvalue weighted by molar-refractivity contribution is 0.521. The van der Waals surface area contributed by atoms with Crippen molar-refractivity contribution in [1.82, 2.24) is 4.31 Å². The maximum absolute atomic E-state index is 14.0. The summed E-state index contributed by atoms with van der Waals surface area (Å²) in [6, 6.07) is 8.47. The molecular weight excluding hydrogens is 315 g/mol. The minimum absolute atomic E-state index is 0.128. The molecule has 7 heteroatoms. The van der Waals surface area contributed by atoms with Gasteiger partial charge in [0.25, 0.3) is 0 Å². The van der Waals surface area contributed by atoms with Crippen molar-refractivity contribution >= 4 is 27.3 Å². The summed E-state index contributed by atoms with van der Waals surface area (Å²) in [5, 5.41) is 0.177. The first-order valence-electron chi connectivity index (χ1n) is 6.01. The van der Waals surface area contributed by atoms with Gasteiger partial charge >= 0.3 is 0 Å². The molecule has 0 fully saturated rings. The SMILES string of the molecule is CN(C)S(=O)(=O)c1ccc(-c2c(F)cc(N)cc2Cl)cc1. The van der Waals surface area contributed by atoms with E-state index in [0.29, 0.717) is 5.56 Å². The van der Waals surface area contributed by atoms with Crippen molar-refractivity contribution < 1.29 is 12.8 Å². The van der Waals surface area contributed by atoms with Crippen molar-refractivity contribution in [3.63, 3.8) is 0 Å². The third-order valence-electron chi connectivity index (χ3n) is 2.99. The Labute approximate surface area is 128 Å². The average molecular weight is 329 g/mol. The molecule has 0 saturated heterocycles. The molecule has 2 N–H and O–H groups in total. The van der Waals surface area contributed by atoms with E-state index < -0.39 is 15.8 Å². The second-order valence-corrected chi connectivity index (χ2v) is 7.23. The number of benzene rings is 2. The Morgan fingerprint density at radius 3 is 2.19 bits per heavy atom. The Kier molecular flexibility index (Phi) is 4.22. The number of anilines is 1. The van der Waals surface area contributed by atoms with E-state index in [1.165, 1.54) is 50.5 Å². The number of halogens is 2. The topological polar surface area (TPSA) is 63.4 Å². The molecule has 21 heavy (non-hydrogen) atoms. The van der Waals surface area contributed by atoms with Crippen LogP contribution in [0.25, 0.3) is 11.1 Å². The summed E-state index contributed by atoms with van der Waals surface area (Å²) in [7, 11) is -0.628. The minimum atomic E-state index is -3.52. The summed E-state index contributed by atoms with van der Waals surface area (Å²) in [6.45, 7) is 0. The predicted molar refractivity (Wildman–Crippen MR) is 82.1 cm³/mol. The van der Waals surface area contributed by atoms with Gasteiger partial charge in [-0.05, 0) is 29.8 Å². The standard InChI is InChI=1S/C14H14ClFN2O2S/c1-18(2)21(19,20)11-5-3-9(4-6-11)14-12(15)7-10(17)8-13(14)16/h3-8H,17H2,1-2H3. The first-order valence-corrected chi connectivity index (χ1v) is 7.83. The molecule has 0 heterocycles. The molecule has 0 saturated carbocycles. The maximum Gasteiger partial charge on any atom is 0.242 e. The van der Waals surface area contributed by atoms with E-state index in [9.17, 15) is 12.8 Å². The predicted octanol–water partition coefficient (Wildman–Crippen LogP) is 2.98. The van der Waals surface area contributed by atoms with Gasteiger partial charge in [-0.1, -0.05) is 23.7 Å². The van der Waals surface area contributed by atoms with Gasteiger partial charge in [-0.25, -0.2) is 17.1 Å². The first-order chi connectivity index (χ1) is 9.73. The Morgan fingerprint density at radius 1 is 1.14 bits per heavy atom. The molecule has 0 atom stereocenters. The smallest absolute Gasteiger partial charge is 0.242 e. The third-order valence-corrected chi connectivity index (χ3v) is 5.11. The lowest BCUT2D eigenvalue weighted by atomic mass is 10.0. The molecule has 0 aliphatic carbocycles. The van der Waals surface area contributed by atoms with E-state index in [1.807, 2.05) is 0 Å². The van der Waals surface area contributed by atoms with Crippen LogP contribution in [-0.2, 0) is 10.0 Å². The van der Waals surface area contributed by atoms with Crippen LogP contribution in [-0.4, -0.2) is 26.8 Å². The van der Waals surface area contributed by atoms with Gasteiger partial charge in [0.05, 0.1) is 9.92 Å². The Balaban J connectivity index is 2.50. The van der Waals surface area contributed by atoms with E-state index in [4.69, 9.17) is 17.3 Å². The highest BCUT2D eigenvalue weighted by atomic mass is 35.5. The molecular formula is C14H14ClFN2O2S. The second-order valence-electron chi connectivity index (χ2n) is 4.67. The highest BCUT2D eigenvalue weighted by Crippen LogP contribution is 2.33. The fourth-order valence-electron chi connectivity index (χ4n) is 1.87. The van der Waals surface area contributed by atoms with Gasteiger partial charge in [-0.15, -0.1) is 0 Å². The Hall–Kier alpha value is -1.63. The lowest BCUT2D eigenvalue weighted by Gasteiger charge is -2.12. The Bertz CT molecular complexity index is 751. The lowest BCUT2D eigenvalue weighted by Crippen LogP contribution is -2.22. The number of rotatable bonds is 3. The molecule has 0 aromatic heterocycles. The molecule has 0 unspecified atom stereocenters. The first kappa shape index (κ1) is 15.8. The summed E-state index contributed by atoms with van der Waals surface area (Å²) in [5.74, 6) is -0.553. The van der Waals surface area contributed by atoms with Crippen LogP contribution in [0.3, 0.4) is 0 Å². The van der Waals surface area contributed by atoms with Crippen molar-refractivity contribution in [2.45, 2.75) is 4.90 Å². The van der Waals surface area contributed by atoms with Crippen LogP contribution in [0.5, 0.6) is 0 Å². The van der Waals surface area contributed by atoms with E-state index in [1.54, 1.807) is 0 Å². The Morgan fingerprint density at radius 2 is 1.71 bits per heavy atom. The van der Waals surface area contributed by atoms with Gasteiger partial charge in [-0.2, -0.15) is 0 Å². The quantitative estimate of drug-likeness (QED) is 0.881. The fraction of sp³-hybridized carbons (Fsp3) is 0.143. The average Bonchev–Trinajstić information content (AvgIpc) is 2.38. The number of nitrogens with two attached hydrogens (primary N) is 1. The van der Waals surface area contributed by atoms with E-state index in [0.717, 1.165) is 4.31 Å². The van der Waals surface area contributed by atoms with E-state index in [2.05, 4.69) is 0 Å². The van der Waals surface area contributed by atoms with Gasteiger partial charge in [-0.3, -0.25) is 0 Å². The zero-order valence-corrected chi connectivity index (χ0v) is 13.0. The maximum atomic E-state index is 14.0. The summed E-state index contributed by atoms with van der Waals surface area (Å²) >= 11 is 6.00. The van der Waals surface area contributed by atoms with Gasteiger partial charge < -0.3 is 5.73 Å². The summed E-state index contributed by atoms with van der Waals surface area (Å²) in [6.07, 6.45) is 0. The monoisotopic (exact) mass is 328 g/mol. The zero-order chi connectivity index (χ0) is 15.8. The molecule has 0 aliphatic heterocycles. The molecule has 2 rings (SSSR count). The molecule has 0 bridgehead atoms. The molecule has 4 nitrogen and oxygen atoms in total. The third kappa shape index (κ3) is 3.02. The van der Waals surface area contributed by atoms with E-state index >= 15 is 0 Å². The van der Waals surface area contributed by atoms with Crippen molar-refractivity contribution in [2.75, 3.05) is 19.8 Å². The largest absolute Gasteiger partial charge is 0.399 e. The van der Waals surface area contributed by atoms with Gasteiger partial charge in [0.2, 0.25) is 10.0 Å². The zero-order valence-electron chi connectivity index (χ0n) is 11.5. The molecule has 0 aliphatic rings. The van der Waals surface area contributed by atoms with Crippen molar-refractivity contribution in [2.24, 2.45) is 0 Å². The van der Waals surface area contributed by atoms with Crippen LogP contribution in [0.1, 0.15) is 0 Å². The number of hydrogen-bond donors (Lipinski definition) is 1. The summed E-state index contributed by atoms with van der Waals surface area (Å²) in [5.41, 5.74) is 6.42. The molecule has 112 valence electrons. The van der Waals surface area contributed by atoms with E-state index in [-0.39, 0.29) is 21.2 Å². The molecule has 0 radical (unpaired) electrons. The molecule has 0 spiro atoms. The minimum Gasteiger partial charge on any atom is -0.399 e. The van der Waals surface area contributed by atoms with Crippen LogP contribution < -0.4 is 5.73 Å². The number of hydrogen-bond acceptors (Lipinski definition) is 3. The van der Waals surface area contributed by atoms with Gasteiger partial charge in [0, 0.05) is 25.3 Å². The molecule has 2 aromatic rings. The normalized spacial score (nSPS) is 11.9. The number of nitrogen functional groups attached to an aromatic ring is 1. The highest BCUT2D eigenvalue weighted by molar-refractivity contribution is 7.89. The van der Waals surface area contributed by atoms with Crippen molar-refractivity contribution in [1.29, 1.82) is 0 Å². The van der Waals surface area contributed by atoms with Crippen LogP contribution in [0.2, 0.25) is 5.02 Å². The number of sulfonamides is 1. The summed E-state index contributed by atoms with van der Waals surface area (Å²) < 4.78 is 39.0. The van der Waals surface area contributed by atoms with Crippen LogP contribution in [0.4, 0.5) is 10.1 Å². The van der Waals surface area contributed by atoms with Crippen LogP contribution >= 0.6 is 11.6 Å². The molecule has 0 amide bonds. The van der Waals surface area contributed by atoms with Gasteiger partial charge in [0.1, 0.15) is 5.82 Å². The van der Waals surface area contributed by atoms with Crippen LogP contribution in [0, 0.1) is 5.82 Å². The highest BCUT2D eigenvalue weighted by Gasteiger charge is 2.18. The van der Waals surface area contributed by atoms with Crippen molar-refractivity contribution in [3.05, 3.63) is 47.2 Å². The fourth-order valence-corrected chi connectivity index (χ4v) is 3.10.